The molecule has 0 unspecified atom stereocenters. The van der Waals surface area contributed by atoms with Crippen molar-refractivity contribution in [2.24, 2.45) is 0 Å². The van der Waals surface area contributed by atoms with Crippen molar-refractivity contribution in [3.63, 3.8) is 0 Å². The molecule has 0 atom stereocenters. The summed E-state index contributed by atoms with van der Waals surface area (Å²) >= 11 is 0. The summed E-state index contributed by atoms with van der Waals surface area (Å²) < 4.78 is 27.0. The van der Waals surface area contributed by atoms with Crippen LogP contribution in [0.1, 0.15) is 25.7 Å². The van der Waals surface area contributed by atoms with E-state index in [4.69, 9.17) is 0 Å². The van der Waals surface area contributed by atoms with Crippen LogP contribution in [0.4, 0.5) is 5.69 Å². The number of nitrogens with one attached hydrogen (secondary N) is 1. The van der Waals surface area contributed by atoms with Crippen molar-refractivity contribution >= 4 is 34.0 Å². The molecule has 1 amide bonds. The van der Waals surface area contributed by atoms with Gasteiger partial charge in [0.1, 0.15) is 0 Å². The molecule has 1 aromatic carbocycles. The fourth-order valence-corrected chi connectivity index (χ4v) is 4.67. The first-order chi connectivity index (χ1) is 11.0. The Morgan fingerprint density at radius 1 is 1.17 bits per heavy atom. The molecule has 2 heterocycles. The summed E-state index contributed by atoms with van der Waals surface area (Å²) in [7, 11) is -1.83. The van der Waals surface area contributed by atoms with Gasteiger partial charge in [-0.1, -0.05) is 0 Å². The summed E-state index contributed by atoms with van der Waals surface area (Å²) in [6.45, 7) is 2.40. The van der Waals surface area contributed by atoms with E-state index in [0.29, 0.717) is 13.0 Å². The maximum Gasteiger partial charge on any atom is 0.243 e. The number of amides is 1. The molecular formula is C16H24ClN3O3S. The van der Waals surface area contributed by atoms with Gasteiger partial charge in [-0.3, -0.25) is 4.79 Å². The van der Waals surface area contributed by atoms with E-state index in [1.54, 1.807) is 36.2 Å². The monoisotopic (exact) mass is 373 g/mol. The van der Waals surface area contributed by atoms with Gasteiger partial charge in [-0.2, -0.15) is 4.31 Å². The zero-order valence-electron chi connectivity index (χ0n) is 13.8. The Morgan fingerprint density at radius 2 is 1.79 bits per heavy atom. The van der Waals surface area contributed by atoms with Crippen LogP contribution in [-0.2, 0) is 14.8 Å². The lowest BCUT2D eigenvalue weighted by Crippen LogP contribution is -2.43. The number of nitrogens with zero attached hydrogens (tertiary/aromatic N) is 2. The first kappa shape index (κ1) is 19.2. The highest BCUT2D eigenvalue weighted by Gasteiger charge is 2.29. The smallest absolute Gasteiger partial charge is 0.243 e. The number of benzene rings is 1. The van der Waals surface area contributed by atoms with Gasteiger partial charge in [-0.05, 0) is 56.6 Å². The first-order valence-corrected chi connectivity index (χ1v) is 9.53. The number of hydrogen-bond acceptors (Lipinski definition) is 4. The highest BCUT2D eigenvalue weighted by molar-refractivity contribution is 7.89. The average Bonchev–Trinajstić information content (AvgIpc) is 3.01. The molecule has 2 aliphatic heterocycles. The summed E-state index contributed by atoms with van der Waals surface area (Å²) in [5, 5.41) is 3.24. The van der Waals surface area contributed by atoms with Crippen LogP contribution in [-0.4, -0.2) is 51.4 Å². The second kappa shape index (κ2) is 7.82. The van der Waals surface area contributed by atoms with Gasteiger partial charge in [0.2, 0.25) is 15.9 Å². The number of sulfonamides is 1. The third kappa shape index (κ3) is 3.74. The van der Waals surface area contributed by atoms with Crippen molar-refractivity contribution in [1.29, 1.82) is 0 Å². The number of carbonyl (C=O) groups is 1. The van der Waals surface area contributed by atoms with Crippen molar-refractivity contribution in [1.82, 2.24) is 9.62 Å². The van der Waals surface area contributed by atoms with Crippen LogP contribution in [0.2, 0.25) is 0 Å². The van der Waals surface area contributed by atoms with E-state index in [9.17, 15) is 13.2 Å². The lowest BCUT2D eigenvalue weighted by atomic mass is 10.1. The van der Waals surface area contributed by atoms with Crippen LogP contribution in [0.3, 0.4) is 0 Å². The van der Waals surface area contributed by atoms with Crippen molar-refractivity contribution in [3.05, 3.63) is 24.3 Å². The summed E-state index contributed by atoms with van der Waals surface area (Å²) in [4.78, 5) is 13.8. The number of piperidine rings is 1. The Labute approximate surface area is 149 Å². The number of anilines is 1. The van der Waals surface area contributed by atoms with Gasteiger partial charge in [0, 0.05) is 31.7 Å². The van der Waals surface area contributed by atoms with Crippen molar-refractivity contribution < 1.29 is 13.2 Å². The molecule has 0 aromatic heterocycles. The van der Waals surface area contributed by atoms with Gasteiger partial charge in [-0.25, -0.2) is 8.42 Å². The van der Waals surface area contributed by atoms with Gasteiger partial charge in [0.05, 0.1) is 4.90 Å². The second-order valence-corrected chi connectivity index (χ2v) is 8.14. The molecule has 1 N–H and O–H groups in total. The normalized spacial score (nSPS) is 19.6. The zero-order valence-corrected chi connectivity index (χ0v) is 15.4. The van der Waals surface area contributed by atoms with E-state index in [1.807, 2.05) is 0 Å². The van der Waals surface area contributed by atoms with E-state index in [2.05, 4.69) is 5.32 Å². The molecule has 0 bridgehead atoms. The number of carbonyl (C=O) groups excluding carboxylic acids is 1. The highest BCUT2D eigenvalue weighted by Crippen LogP contribution is 2.25. The van der Waals surface area contributed by atoms with Crippen molar-refractivity contribution in [2.45, 2.75) is 36.6 Å². The SMILES string of the molecule is CN(C1CCNCC1)S(=O)(=O)c1ccc(N2CCCC2=O)cc1.Cl. The fraction of sp³-hybridized carbons (Fsp3) is 0.562. The summed E-state index contributed by atoms with van der Waals surface area (Å²) in [5.74, 6) is 0.104. The minimum absolute atomic E-state index is 0. The van der Waals surface area contributed by atoms with Crippen LogP contribution < -0.4 is 10.2 Å². The molecule has 0 aliphatic carbocycles. The molecule has 3 rings (SSSR count). The third-order valence-electron chi connectivity index (χ3n) is 4.72. The van der Waals surface area contributed by atoms with Crippen LogP contribution >= 0.6 is 12.4 Å². The van der Waals surface area contributed by atoms with E-state index in [1.165, 1.54) is 4.31 Å². The van der Waals surface area contributed by atoms with Gasteiger partial charge in [-0.15, -0.1) is 12.4 Å². The van der Waals surface area contributed by atoms with Crippen LogP contribution in [0.5, 0.6) is 0 Å². The molecule has 8 heteroatoms. The predicted molar refractivity (Wildman–Crippen MR) is 96.1 cm³/mol. The summed E-state index contributed by atoms with van der Waals surface area (Å²) in [6.07, 6.45) is 3.09. The van der Waals surface area contributed by atoms with Crippen molar-refractivity contribution in [3.8, 4) is 0 Å². The Balaban J connectivity index is 0.00000208. The van der Waals surface area contributed by atoms with Crippen molar-refractivity contribution in [2.75, 3.05) is 31.6 Å². The number of hydrogen-bond donors (Lipinski definition) is 1. The Morgan fingerprint density at radius 3 is 2.33 bits per heavy atom. The van der Waals surface area contributed by atoms with Crippen LogP contribution in [0, 0.1) is 0 Å². The molecule has 2 fully saturated rings. The third-order valence-corrected chi connectivity index (χ3v) is 6.65. The van der Waals surface area contributed by atoms with E-state index >= 15 is 0 Å². The zero-order chi connectivity index (χ0) is 16.4. The van der Waals surface area contributed by atoms with E-state index in [0.717, 1.165) is 38.0 Å². The van der Waals surface area contributed by atoms with Crippen LogP contribution in [0.15, 0.2) is 29.2 Å². The second-order valence-electron chi connectivity index (χ2n) is 6.15. The quantitative estimate of drug-likeness (QED) is 0.870. The largest absolute Gasteiger partial charge is 0.317 e. The highest BCUT2D eigenvalue weighted by atomic mass is 35.5. The molecule has 0 radical (unpaired) electrons. The van der Waals surface area contributed by atoms with Gasteiger partial charge >= 0.3 is 0 Å². The molecule has 134 valence electrons. The van der Waals surface area contributed by atoms with E-state index < -0.39 is 10.0 Å². The molecule has 0 spiro atoms. The molecule has 2 saturated heterocycles. The number of halogens is 1. The van der Waals surface area contributed by atoms with Crippen LogP contribution in [0.25, 0.3) is 0 Å². The van der Waals surface area contributed by atoms with E-state index in [-0.39, 0.29) is 29.3 Å². The first-order valence-electron chi connectivity index (χ1n) is 8.09. The molecule has 1 aromatic rings. The lowest BCUT2D eigenvalue weighted by Gasteiger charge is -2.31. The molecule has 6 nitrogen and oxygen atoms in total. The lowest BCUT2D eigenvalue weighted by molar-refractivity contribution is -0.117. The predicted octanol–water partition coefficient (Wildman–Crippen LogP) is 1.61. The standard InChI is InChI=1S/C16H23N3O3S.ClH/c1-18(13-8-10-17-11-9-13)23(21,22)15-6-4-14(5-7-15)19-12-2-3-16(19)20;/h4-7,13,17H,2-3,8-12H2,1H3;1H. The molecule has 2 aliphatic rings. The fourth-order valence-electron chi connectivity index (χ4n) is 3.25. The van der Waals surface area contributed by atoms with Gasteiger partial charge in [0.15, 0.2) is 0 Å². The molecular weight excluding hydrogens is 350 g/mol. The maximum atomic E-state index is 12.8. The topological polar surface area (TPSA) is 69.7 Å². The Bertz CT molecular complexity index is 672. The van der Waals surface area contributed by atoms with Gasteiger partial charge < -0.3 is 10.2 Å². The average molecular weight is 374 g/mol. The minimum Gasteiger partial charge on any atom is -0.317 e. The molecule has 0 saturated carbocycles. The maximum absolute atomic E-state index is 12.8. The number of rotatable bonds is 4. The Hall–Kier alpha value is -1.15. The molecule has 24 heavy (non-hydrogen) atoms. The van der Waals surface area contributed by atoms with Gasteiger partial charge in [0.25, 0.3) is 0 Å². The summed E-state index contributed by atoms with van der Waals surface area (Å²) in [5.41, 5.74) is 0.774. The Kier molecular flexibility index (Phi) is 6.25. The summed E-state index contributed by atoms with van der Waals surface area (Å²) in [6, 6.07) is 6.71. The minimum atomic E-state index is -3.49.